The van der Waals surface area contributed by atoms with Gasteiger partial charge in [-0.1, -0.05) is 27.5 Å². The van der Waals surface area contributed by atoms with Crippen molar-refractivity contribution in [1.29, 1.82) is 0 Å². The van der Waals surface area contributed by atoms with Gasteiger partial charge in [0.05, 0.1) is 16.1 Å². The van der Waals surface area contributed by atoms with Crippen LogP contribution < -0.4 is 0 Å². The first-order valence-corrected chi connectivity index (χ1v) is 7.71. The third-order valence-corrected chi connectivity index (χ3v) is 3.89. The molecule has 108 valence electrons. The van der Waals surface area contributed by atoms with Crippen LogP contribution in [0.15, 0.2) is 34.9 Å². The Kier molecular flexibility index (Phi) is 3.90. The van der Waals surface area contributed by atoms with Crippen LogP contribution in [0.5, 0.6) is 0 Å². The zero-order valence-electron chi connectivity index (χ0n) is 10.8. The molecular formula is C14H9BrCl2FN3. The second-order valence-corrected chi connectivity index (χ2v) is 6.52. The number of alkyl halides is 1. The van der Waals surface area contributed by atoms with E-state index in [1.807, 2.05) is 0 Å². The van der Waals surface area contributed by atoms with Gasteiger partial charge in [-0.05, 0) is 31.2 Å². The topological polar surface area (TPSA) is 30.7 Å². The lowest BCUT2D eigenvalue weighted by molar-refractivity contribution is 0.615. The summed E-state index contributed by atoms with van der Waals surface area (Å²) in [6.07, 6.45) is 1.50. The van der Waals surface area contributed by atoms with Gasteiger partial charge in [0.15, 0.2) is 5.65 Å². The zero-order valence-corrected chi connectivity index (χ0v) is 13.9. The first kappa shape index (κ1) is 14.8. The highest BCUT2D eigenvalue weighted by molar-refractivity contribution is 9.10. The summed E-state index contributed by atoms with van der Waals surface area (Å²) in [7, 11) is 0. The molecule has 7 heteroatoms. The number of fused-ring (bicyclic) bond motifs is 1. The van der Waals surface area contributed by atoms with Gasteiger partial charge in [0.2, 0.25) is 0 Å². The summed E-state index contributed by atoms with van der Waals surface area (Å²) in [5, 5.41) is 0.0678. The lowest BCUT2D eigenvalue weighted by atomic mass is 10.3. The maximum atomic E-state index is 14.3. The highest BCUT2D eigenvalue weighted by Gasteiger charge is 2.19. The Morgan fingerprint density at radius 3 is 2.76 bits per heavy atom. The summed E-state index contributed by atoms with van der Waals surface area (Å²) < 4.78 is 16.6. The van der Waals surface area contributed by atoms with Gasteiger partial charge in [0.25, 0.3) is 0 Å². The molecule has 0 aliphatic heterocycles. The molecule has 0 fully saturated rings. The Morgan fingerprint density at radius 1 is 1.33 bits per heavy atom. The predicted molar refractivity (Wildman–Crippen MR) is 85.8 cm³/mol. The van der Waals surface area contributed by atoms with Gasteiger partial charge in [0.1, 0.15) is 17.2 Å². The molecule has 0 saturated carbocycles. The van der Waals surface area contributed by atoms with Crippen LogP contribution >= 0.6 is 39.1 Å². The van der Waals surface area contributed by atoms with Crippen molar-refractivity contribution in [3.8, 4) is 5.69 Å². The molecule has 0 saturated heterocycles. The minimum absolute atomic E-state index is 0.345. The third kappa shape index (κ3) is 2.65. The van der Waals surface area contributed by atoms with Gasteiger partial charge in [-0.15, -0.1) is 11.6 Å². The standard InChI is InChI=1S/C14H9BrCl2FN3/c1-7(16)13-20-11-5-9(17)6-19-14(11)21(13)12-3-2-8(15)4-10(12)18/h2-7H,1H3. The second kappa shape index (κ2) is 5.55. The minimum Gasteiger partial charge on any atom is -0.276 e. The molecule has 0 amide bonds. The van der Waals surface area contributed by atoms with Crippen molar-refractivity contribution in [2.24, 2.45) is 0 Å². The number of halogens is 4. The van der Waals surface area contributed by atoms with Gasteiger partial charge in [-0.25, -0.2) is 14.4 Å². The van der Waals surface area contributed by atoms with E-state index in [1.165, 1.54) is 12.3 Å². The number of benzene rings is 1. The first-order chi connectivity index (χ1) is 9.97. The van der Waals surface area contributed by atoms with E-state index in [-0.39, 0.29) is 5.82 Å². The Labute approximate surface area is 138 Å². The summed E-state index contributed by atoms with van der Waals surface area (Å²) in [5.74, 6) is 0.127. The molecule has 1 atom stereocenters. The van der Waals surface area contributed by atoms with E-state index in [0.29, 0.717) is 32.2 Å². The van der Waals surface area contributed by atoms with Gasteiger partial charge < -0.3 is 0 Å². The quantitative estimate of drug-likeness (QED) is 0.559. The van der Waals surface area contributed by atoms with Crippen molar-refractivity contribution in [3.05, 3.63) is 51.6 Å². The number of pyridine rings is 1. The van der Waals surface area contributed by atoms with Crippen molar-refractivity contribution in [2.45, 2.75) is 12.3 Å². The van der Waals surface area contributed by atoms with Crippen molar-refractivity contribution in [3.63, 3.8) is 0 Å². The van der Waals surface area contributed by atoms with Crippen LogP contribution in [0, 0.1) is 5.82 Å². The number of hydrogen-bond donors (Lipinski definition) is 0. The van der Waals surface area contributed by atoms with Crippen molar-refractivity contribution < 1.29 is 4.39 Å². The zero-order chi connectivity index (χ0) is 15.1. The van der Waals surface area contributed by atoms with E-state index in [2.05, 4.69) is 25.9 Å². The lowest BCUT2D eigenvalue weighted by Gasteiger charge is -2.11. The van der Waals surface area contributed by atoms with Crippen LogP contribution in [-0.2, 0) is 0 Å². The van der Waals surface area contributed by atoms with Crippen LogP contribution in [0.4, 0.5) is 4.39 Å². The average molecular weight is 389 g/mol. The fourth-order valence-electron chi connectivity index (χ4n) is 2.12. The maximum Gasteiger partial charge on any atom is 0.164 e. The first-order valence-electron chi connectivity index (χ1n) is 6.11. The maximum absolute atomic E-state index is 14.3. The van der Waals surface area contributed by atoms with E-state index in [4.69, 9.17) is 23.2 Å². The fraction of sp³-hybridized carbons (Fsp3) is 0.143. The molecular weight excluding hydrogens is 380 g/mol. The Hall–Kier alpha value is -1.17. The van der Waals surface area contributed by atoms with Crippen molar-refractivity contribution in [1.82, 2.24) is 14.5 Å². The molecule has 3 rings (SSSR count). The van der Waals surface area contributed by atoms with Crippen LogP contribution in [0.2, 0.25) is 5.02 Å². The fourth-order valence-corrected chi connectivity index (χ4v) is 2.76. The molecule has 0 aliphatic rings. The smallest absolute Gasteiger partial charge is 0.164 e. The molecule has 2 aromatic heterocycles. The van der Waals surface area contributed by atoms with E-state index >= 15 is 0 Å². The molecule has 0 bridgehead atoms. The SMILES string of the molecule is CC(Cl)c1nc2cc(Cl)cnc2n1-c1ccc(Br)cc1F. The summed E-state index contributed by atoms with van der Waals surface area (Å²) in [6.45, 7) is 1.78. The number of nitrogens with zero attached hydrogens (tertiary/aromatic N) is 3. The third-order valence-electron chi connectivity index (χ3n) is 3.00. The van der Waals surface area contributed by atoms with Gasteiger partial charge in [0, 0.05) is 10.7 Å². The summed E-state index contributed by atoms with van der Waals surface area (Å²) in [6, 6.07) is 6.47. The van der Waals surface area contributed by atoms with E-state index in [0.717, 1.165) is 0 Å². The normalized spacial score (nSPS) is 12.8. The molecule has 0 aliphatic carbocycles. The van der Waals surface area contributed by atoms with Crippen LogP contribution in [0.3, 0.4) is 0 Å². The summed E-state index contributed by atoms with van der Waals surface area (Å²) in [5.41, 5.74) is 1.44. The molecule has 1 unspecified atom stereocenters. The molecule has 0 N–H and O–H groups in total. The Balaban J connectivity index is 2.36. The molecule has 1 aromatic carbocycles. The van der Waals surface area contributed by atoms with Crippen molar-refractivity contribution >= 4 is 50.3 Å². The van der Waals surface area contributed by atoms with Crippen molar-refractivity contribution in [2.75, 3.05) is 0 Å². The summed E-state index contributed by atoms with van der Waals surface area (Å²) >= 11 is 15.4. The van der Waals surface area contributed by atoms with Crippen LogP contribution in [0.1, 0.15) is 18.1 Å². The largest absolute Gasteiger partial charge is 0.276 e. The van der Waals surface area contributed by atoms with E-state index < -0.39 is 5.38 Å². The highest BCUT2D eigenvalue weighted by Crippen LogP contribution is 2.30. The molecule has 0 radical (unpaired) electrons. The lowest BCUT2D eigenvalue weighted by Crippen LogP contribution is -2.05. The van der Waals surface area contributed by atoms with E-state index in [1.54, 1.807) is 29.7 Å². The monoisotopic (exact) mass is 387 g/mol. The summed E-state index contributed by atoms with van der Waals surface area (Å²) in [4.78, 5) is 8.67. The number of aromatic nitrogens is 3. The molecule has 2 heterocycles. The van der Waals surface area contributed by atoms with Gasteiger partial charge in [-0.3, -0.25) is 4.57 Å². The number of rotatable bonds is 2. The second-order valence-electron chi connectivity index (χ2n) is 4.51. The highest BCUT2D eigenvalue weighted by atomic mass is 79.9. The van der Waals surface area contributed by atoms with Crippen LogP contribution in [0.25, 0.3) is 16.9 Å². The Bertz CT molecular complexity index is 832. The predicted octanol–water partition coefficient (Wildman–Crippen LogP) is 5.28. The van der Waals surface area contributed by atoms with E-state index in [9.17, 15) is 4.39 Å². The number of hydrogen-bond acceptors (Lipinski definition) is 2. The van der Waals surface area contributed by atoms with Gasteiger partial charge >= 0.3 is 0 Å². The number of imidazole rings is 1. The molecule has 0 spiro atoms. The Morgan fingerprint density at radius 2 is 2.10 bits per heavy atom. The van der Waals surface area contributed by atoms with Crippen LogP contribution in [-0.4, -0.2) is 14.5 Å². The van der Waals surface area contributed by atoms with Gasteiger partial charge in [-0.2, -0.15) is 0 Å². The minimum atomic E-state index is -0.402. The molecule has 3 aromatic rings. The molecule has 3 nitrogen and oxygen atoms in total. The average Bonchev–Trinajstić information content (AvgIpc) is 2.77. The molecule has 21 heavy (non-hydrogen) atoms.